The van der Waals surface area contributed by atoms with Gasteiger partial charge in [0.15, 0.2) is 5.16 Å². The smallest absolute Gasteiger partial charge is 0.256 e. The van der Waals surface area contributed by atoms with Crippen molar-refractivity contribution in [1.82, 2.24) is 14.9 Å². The summed E-state index contributed by atoms with van der Waals surface area (Å²) < 4.78 is 5.50. The molecule has 126 valence electrons. The van der Waals surface area contributed by atoms with E-state index in [1.807, 2.05) is 18.4 Å². The van der Waals surface area contributed by atoms with Gasteiger partial charge in [-0.05, 0) is 24.0 Å². The molecule has 1 aliphatic rings. The number of nitrogens with one attached hydrogen (secondary N) is 1. The Labute approximate surface area is 145 Å². The van der Waals surface area contributed by atoms with Gasteiger partial charge in [-0.1, -0.05) is 36.5 Å². The number of thioether (sulfide) groups is 1. The molecule has 2 heterocycles. The molecule has 3 rings (SSSR count). The first kappa shape index (κ1) is 16.8. The molecule has 0 amide bonds. The van der Waals surface area contributed by atoms with E-state index in [4.69, 9.17) is 4.74 Å². The minimum Gasteiger partial charge on any atom is -0.490 e. The van der Waals surface area contributed by atoms with Crippen LogP contribution in [0.4, 0.5) is 0 Å². The lowest BCUT2D eigenvalue weighted by Gasteiger charge is -2.27. The fraction of sp³-hybridized carbons (Fsp3) is 0.333. The first-order chi connectivity index (χ1) is 11.7. The lowest BCUT2D eigenvalue weighted by molar-refractivity contribution is 0.241. The van der Waals surface area contributed by atoms with Crippen molar-refractivity contribution >= 4 is 11.8 Å². The topological polar surface area (TPSA) is 58.2 Å². The van der Waals surface area contributed by atoms with Crippen LogP contribution in [0.1, 0.15) is 16.8 Å². The van der Waals surface area contributed by atoms with Gasteiger partial charge in [0.2, 0.25) is 0 Å². The van der Waals surface area contributed by atoms with Crippen molar-refractivity contribution in [3.8, 4) is 5.75 Å². The van der Waals surface area contributed by atoms with Gasteiger partial charge >= 0.3 is 0 Å². The van der Waals surface area contributed by atoms with Crippen molar-refractivity contribution in [3.63, 3.8) is 0 Å². The van der Waals surface area contributed by atoms with Crippen LogP contribution >= 0.6 is 11.8 Å². The summed E-state index contributed by atoms with van der Waals surface area (Å²) in [7, 11) is 0. The van der Waals surface area contributed by atoms with Crippen LogP contribution in [0.5, 0.6) is 5.75 Å². The molecule has 24 heavy (non-hydrogen) atoms. The summed E-state index contributed by atoms with van der Waals surface area (Å²) in [5, 5.41) is 0.697. The lowest BCUT2D eigenvalue weighted by atomic mass is 10.1. The molecule has 1 aromatic heterocycles. The molecule has 6 heteroatoms. The van der Waals surface area contributed by atoms with E-state index in [2.05, 4.69) is 33.6 Å². The molecule has 0 spiro atoms. The van der Waals surface area contributed by atoms with Crippen LogP contribution in [0.2, 0.25) is 0 Å². The average Bonchev–Trinajstić information content (AvgIpc) is 2.61. The molecule has 5 nitrogen and oxygen atoms in total. The second kappa shape index (κ2) is 7.68. The molecule has 1 aliphatic heterocycles. The fourth-order valence-corrected chi connectivity index (χ4v) is 3.19. The van der Waals surface area contributed by atoms with Gasteiger partial charge in [0, 0.05) is 26.1 Å². The van der Waals surface area contributed by atoms with Gasteiger partial charge in [0.25, 0.3) is 5.56 Å². The highest BCUT2D eigenvalue weighted by Crippen LogP contribution is 2.19. The Balaban J connectivity index is 1.67. The molecule has 1 aromatic carbocycles. The van der Waals surface area contributed by atoms with Gasteiger partial charge < -0.3 is 9.72 Å². The first-order valence-electron chi connectivity index (χ1n) is 7.90. The molecule has 0 bridgehead atoms. The molecule has 2 aromatic rings. The third-order valence-corrected chi connectivity index (χ3v) is 4.60. The Hall–Kier alpha value is -2.05. The fourth-order valence-electron chi connectivity index (χ4n) is 2.79. The summed E-state index contributed by atoms with van der Waals surface area (Å²) in [5.74, 6) is 0.841. The molecule has 0 unspecified atom stereocenters. The van der Waals surface area contributed by atoms with Crippen LogP contribution in [-0.2, 0) is 19.5 Å². The zero-order chi connectivity index (χ0) is 16.9. The van der Waals surface area contributed by atoms with Crippen molar-refractivity contribution in [3.05, 3.63) is 64.1 Å². The molecule has 0 atom stereocenters. The van der Waals surface area contributed by atoms with Crippen LogP contribution in [0.3, 0.4) is 0 Å². The maximum atomic E-state index is 12.2. The summed E-state index contributed by atoms with van der Waals surface area (Å²) in [6, 6.07) is 8.06. The highest BCUT2D eigenvalue weighted by molar-refractivity contribution is 7.98. The van der Waals surface area contributed by atoms with Crippen LogP contribution in [0.25, 0.3) is 0 Å². The van der Waals surface area contributed by atoms with E-state index < -0.39 is 0 Å². The quantitative estimate of drug-likeness (QED) is 0.496. The minimum absolute atomic E-state index is 0.0118. The van der Waals surface area contributed by atoms with Crippen molar-refractivity contribution < 1.29 is 4.74 Å². The lowest BCUT2D eigenvalue weighted by Crippen LogP contribution is -2.35. The maximum Gasteiger partial charge on any atom is 0.256 e. The normalized spacial score (nSPS) is 14.2. The molecule has 0 saturated heterocycles. The second-order valence-corrected chi connectivity index (χ2v) is 6.50. The maximum absolute atomic E-state index is 12.2. The standard InChI is InChI=1S/C18H21N3O2S/c1-3-10-23-14-6-4-13(5-7-14)11-21-9-8-16-15(12-21)17(22)20-18(19-16)24-2/h3-7H,1,8-12H2,2H3,(H,19,20,22). The van der Waals surface area contributed by atoms with Gasteiger partial charge in [-0.25, -0.2) is 4.98 Å². The number of aromatic amines is 1. The number of hydrogen-bond donors (Lipinski definition) is 1. The van der Waals surface area contributed by atoms with E-state index in [1.165, 1.54) is 17.3 Å². The summed E-state index contributed by atoms with van der Waals surface area (Å²) in [5.41, 5.74) is 2.93. The predicted molar refractivity (Wildman–Crippen MR) is 96.6 cm³/mol. The predicted octanol–water partition coefficient (Wildman–Crippen LogP) is 2.61. The van der Waals surface area contributed by atoms with Gasteiger partial charge in [-0.3, -0.25) is 9.69 Å². The molecular formula is C18H21N3O2S. The largest absolute Gasteiger partial charge is 0.490 e. The molecule has 0 aliphatic carbocycles. The van der Waals surface area contributed by atoms with E-state index in [9.17, 15) is 4.79 Å². The Morgan fingerprint density at radius 2 is 2.21 bits per heavy atom. The van der Waals surface area contributed by atoms with E-state index in [-0.39, 0.29) is 5.56 Å². The molecule has 0 saturated carbocycles. The van der Waals surface area contributed by atoms with Crippen LogP contribution in [0.15, 0.2) is 46.9 Å². The summed E-state index contributed by atoms with van der Waals surface area (Å²) in [4.78, 5) is 21.9. The number of aromatic nitrogens is 2. The van der Waals surface area contributed by atoms with Crippen molar-refractivity contribution in [2.75, 3.05) is 19.4 Å². The number of benzene rings is 1. The molecule has 0 fully saturated rings. The van der Waals surface area contributed by atoms with Gasteiger partial charge in [-0.15, -0.1) is 0 Å². The molecule has 1 N–H and O–H groups in total. The number of H-pyrrole nitrogens is 1. The zero-order valence-electron chi connectivity index (χ0n) is 13.7. The number of hydrogen-bond acceptors (Lipinski definition) is 5. The van der Waals surface area contributed by atoms with Crippen molar-refractivity contribution in [2.45, 2.75) is 24.7 Å². The summed E-state index contributed by atoms with van der Waals surface area (Å²) in [6.07, 6.45) is 4.46. The third kappa shape index (κ3) is 3.88. The third-order valence-electron chi connectivity index (χ3n) is 4.02. The Bertz CT molecular complexity index is 771. The number of fused-ring (bicyclic) bond motifs is 1. The monoisotopic (exact) mass is 343 g/mol. The summed E-state index contributed by atoms with van der Waals surface area (Å²) in [6.45, 7) is 6.51. The van der Waals surface area contributed by atoms with E-state index >= 15 is 0 Å². The minimum atomic E-state index is -0.0118. The highest BCUT2D eigenvalue weighted by atomic mass is 32.2. The first-order valence-corrected chi connectivity index (χ1v) is 9.13. The number of ether oxygens (including phenoxy) is 1. The van der Waals surface area contributed by atoms with Gasteiger partial charge in [-0.2, -0.15) is 0 Å². The average molecular weight is 343 g/mol. The Morgan fingerprint density at radius 1 is 1.42 bits per heavy atom. The highest BCUT2D eigenvalue weighted by Gasteiger charge is 2.21. The van der Waals surface area contributed by atoms with Gasteiger partial charge in [0.05, 0.1) is 11.3 Å². The van der Waals surface area contributed by atoms with Gasteiger partial charge in [0.1, 0.15) is 12.4 Å². The Morgan fingerprint density at radius 3 is 2.92 bits per heavy atom. The SMILES string of the molecule is C=CCOc1ccc(CN2CCc3nc(SC)[nH]c(=O)c3C2)cc1. The Kier molecular flexibility index (Phi) is 5.37. The number of rotatable bonds is 6. The number of nitrogens with zero attached hydrogens (tertiary/aromatic N) is 2. The van der Waals surface area contributed by atoms with E-state index in [0.717, 1.165) is 36.5 Å². The van der Waals surface area contributed by atoms with E-state index in [1.54, 1.807) is 6.08 Å². The molecule has 0 radical (unpaired) electrons. The second-order valence-electron chi connectivity index (χ2n) is 5.70. The summed E-state index contributed by atoms with van der Waals surface area (Å²) >= 11 is 1.47. The molecular weight excluding hydrogens is 322 g/mol. The van der Waals surface area contributed by atoms with Crippen LogP contribution in [0, 0.1) is 0 Å². The zero-order valence-corrected chi connectivity index (χ0v) is 14.6. The van der Waals surface area contributed by atoms with Crippen LogP contribution < -0.4 is 10.3 Å². The van der Waals surface area contributed by atoms with Crippen molar-refractivity contribution in [1.29, 1.82) is 0 Å². The van der Waals surface area contributed by atoms with Crippen LogP contribution in [-0.4, -0.2) is 34.3 Å². The van der Waals surface area contributed by atoms with Crippen molar-refractivity contribution in [2.24, 2.45) is 0 Å². The van der Waals surface area contributed by atoms with E-state index in [0.29, 0.717) is 18.3 Å².